The molecule has 0 spiro atoms. The molecule has 2 rings (SSSR count). The monoisotopic (exact) mass is 329 g/mol. The van der Waals surface area contributed by atoms with E-state index in [4.69, 9.17) is 5.84 Å². The summed E-state index contributed by atoms with van der Waals surface area (Å²) in [5.74, 6) is 5.48. The number of hydrogen-bond donors (Lipinski definition) is 2. The lowest BCUT2D eigenvalue weighted by atomic mass is 10.1. The number of nitrogens with one attached hydrogen (secondary N) is 1. The molecule has 0 saturated carbocycles. The lowest BCUT2D eigenvalue weighted by Crippen LogP contribution is -2.36. The molecular formula is C19H24FN3O. The van der Waals surface area contributed by atoms with Crippen LogP contribution in [0.1, 0.15) is 30.9 Å². The summed E-state index contributed by atoms with van der Waals surface area (Å²) < 4.78 is 13.5. The van der Waals surface area contributed by atoms with E-state index in [0.717, 1.165) is 29.8 Å². The van der Waals surface area contributed by atoms with Crippen LogP contribution in [0.4, 0.5) is 10.1 Å². The molecule has 2 aromatic carbocycles. The zero-order chi connectivity index (χ0) is 17.4. The van der Waals surface area contributed by atoms with E-state index in [-0.39, 0.29) is 11.7 Å². The highest BCUT2D eigenvalue weighted by atomic mass is 19.1. The lowest BCUT2D eigenvalue weighted by Gasteiger charge is -2.16. The van der Waals surface area contributed by atoms with Crippen molar-refractivity contribution >= 4 is 11.6 Å². The van der Waals surface area contributed by atoms with Crippen molar-refractivity contribution in [2.75, 3.05) is 11.9 Å². The van der Waals surface area contributed by atoms with Crippen LogP contribution in [-0.4, -0.2) is 17.5 Å². The third-order valence-corrected chi connectivity index (χ3v) is 3.84. The first-order chi connectivity index (χ1) is 11.6. The Balaban J connectivity index is 1.76. The van der Waals surface area contributed by atoms with Gasteiger partial charge in [0.1, 0.15) is 5.82 Å². The summed E-state index contributed by atoms with van der Waals surface area (Å²) in [5, 5.41) is 4.55. The Morgan fingerprint density at radius 1 is 1.17 bits per heavy atom. The SMILES string of the molecule is CCC(=O)N(N)Cc1ccc(NCCCc2ccccc2F)cc1. The predicted molar refractivity (Wildman–Crippen MR) is 94.7 cm³/mol. The van der Waals surface area contributed by atoms with Crippen LogP contribution in [0.25, 0.3) is 0 Å². The molecule has 4 nitrogen and oxygen atoms in total. The maximum atomic E-state index is 13.5. The number of aryl methyl sites for hydroxylation is 1. The van der Waals surface area contributed by atoms with Gasteiger partial charge in [-0.15, -0.1) is 0 Å². The standard InChI is InChI=1S/C19H24FN3O/c1-2-19(24)23(21)14-15-9-11-17(12-10-15)22-13-5-7-16-6-3-4-8-18(16)20/h3-4,6,8-12,22H,2,5,7,13-14,21H2,1H3. The summed E-state index contributed by atoms with van der Waals surface area (Å²) in [4.78, 5) is 11.5. The molecule has 3 N–H and O–H groups in total. The van der Waals surface area contributed by atoms with Crippen LogP contribution in [0.2, 0.25) is 0 Å². The number of carbonyl (C=O) groups is 1. The smallest absolute Gasteiger partial charge is 0.236 e. The minimum Gasteiger partial charge on any atom is -0.385 e. The summed E-state index contributed by atoms with van der Waals surface area (Å²) in [6.07, 6.45) is 1.96. The number of hydrogen-bond acceptors (Lipinski definition) is 3. The first kappa shape index (κ1) is 17.9. The van der Waals surface area contributed by atoms with Crippen LogP contribution in [0.15, 0.2) is 48.5 Å². The van der Waals surface area contributed by atoms with Gasteiger partial charge in [0.2, 0.25) is 5.91 Å². The van der Waals surface area contributed by atoms with Crippen LogP contribution in [-0.2, 0) is 17.8 Å². The molecule has 24 heavy (non-hydrogen) atoms. The van der Waals surface area contributed by atoms with Crippen molar-refractivity contribution in [3.8, 4) is 0 Å². The molecule has 0 atom stereocenters. The van der Waals surface area contributed by atoms with Gasteiger partial charge in [0.05, 0.1) is 6.54 Å². The molecule has 2 aromatic rings. The largest absolute Gasteiger partial charge is 0.385 e. The normalized spacial score (nSPS) is 10.5. The highest BCUT2D eigenvalue weighted by Crippen LogP contribution is 2.12. The number of hydrazine groups is 1. The second kappa shape index (κ2) is 9.03. The predicted octanol–water partition coefficient (Wildman–Crippen LogP) is 3.48. The third-order valence-electron chi connectivity index (χ3n) is 3.84. The topological polar surface area (TPSA) is 58.4 Å². The second-order valence-corrected chi connectivity index (χ2v) is 5.69. The molecule has 0 aliphatic carbocycles. The molecule has 128 valence electrons. The van der Waals surface area contributed by atoms with E-state index in [1.807, 2.05) is 36.4 Å². The number of halogens is 1. The Kier molecular flexibility index (Phi) is 6.75. The molecule has 0 radical (unpaired) electrons. The van der Waals surface area contributed by atoms with Gasteiger partial charge in [-0.2, -0.15) is 0 Å². The molecule has 0 aliphatic heterocycles. The maximum Gasteiger partial charge on any atom is 0.236 e. The summed E-state index contributed by atoms with van der Waals surface area (Å²) in [6.45, 7) is 2.96. The van der Waals surface area contributed by atoms with Crippen molar-refractivity contribution in [1.82, 2.24) is 5.01 Å². The van der Waals surface area contributed by atoms with Crippen LogP contribution >= 0.6 is 0 Å². The minimum absolute atomic E-state index is 0.0784. The van der Waals surface area contributed by atoms with Crippen LogP contribution in [0.5, 0.6) is 0 Å². The average molecular weight is 329 g/mol. The Bertz CT molecular complexity index is 658. The van der Waals surface area contributed by atoms with E-state index in [1.54, 1.807) is 13.0 Å². The van der Waals surface area contributed by atoms with Gasteiger partial charge in [0.15, 0.2) is 0 Å². The Labute approximate surface area is 142 Å². The number of benzene rings is 2. The number of rotatable bonds is 8. The van der Waals surface area contributed by atoms with Crippen molar-refractivity contribution in [3.05, 3.63) is 65.5 Å². The Morgan fingerprint density at radius 2 is 1.88 bits per heavy atom. The summed E-state index contributed by atoms with van der Waals surface area (Å²) in [5.41, 5.74) is 2.73. The molecule has 0 aromatic heterocycles. The first-order valence-electron chi connectivity index (χ1n) is 8.21. The van der Waals surface area contributed by atoms with E-state index < -0.39 is 0 Å². The molecule has 0 unspecified atom stereocenters. The lowest BCUT2D eigenvalue weighted by molar-refractivity contribution is -0.131. The minimum atomic E-state index is -0.144. The molecule has 0 heterocycles. The molecule has 0 fully saturated rings. The zero-order valence-corrected chi connectivity index (χ0v) is 14.0. The van der Waals surface area contributed by atoms with Crippen LogP contribution < -0.4 is 11.2 Å². The van der Waals surface area contributed by atoms with Gasteiger partial charge in [-0.3, -0.25) is 9.80 Å². The van der Waals surface area contributed by atoms with Crippen LogP contribution in [0, 0.1) is 5.82 Å². The summed E-state index contributed by atoms with van der Waals surface area (Å²) in [6, 6.07) is 14.7. The zero-order valence-electron chi connectivity index (χ0n) is 14.0. The van der Waals surface area contributed by atoms with Gasteiger partial charge in [0.25, 0.3) is 0 Å². The van der Waals surface area contributed by atoms with Crippen molar-refractivity contribution < 1.29 is 9.18 Å². The van der Waals surface area contributed by atoms with Crippen molar-refractivity contribution in [2.45, 2.75) is 32.7 Å². The summed E-state index contributed by atoms with van der Waals surface area (Å²) in [7, 11) is 0. The fourth-order valence-corrected chi connectivity index (χ4v) is 2.43. The Morgan fingerprint density at radius 3 is 2.54 bits per heavy atom. The van der Waals surface area contributed by atoms with Crippen molar-refractivity contribution in [1.29, 1.82) is 0 Å². The van der Waals surface area contributed by atoms with Gasteiger partial charge in [-0.05, 0) is 42.2 Å². The van der Waals surface area contributed by atoms with Crippen molar-refractivity contribution in [2.24, 2.45) is 5.84 Å². The van der Waals surface area contributed by atoms with E-state index in [0.29, 0.717) is 19.4 Å². The number of carbonyl (C=O) groups excluding carboxylic acids is 1. The number of nitrogens with zero attached hydrogens (tertiary/aromatic N) is 1. The van der Waals surface area contributed by atoms with E-state index >= 15 is 0 Å². The van der Waals surface area contributed by atoms with E-state index in [9.17, 15) is 9.18 Å². The van der Waals surface area contributed by atoms with Gasteiger partial charge in [-0.25, -0.2) is 10.2 Å². The molecule has 0 bridgehead atoms. The van der Waals surface area contributed by atoms with Gasteiger partial charge in [-0.1, -0.05) is 37.3 Å². The van der Waals surface area contributed by atoms with Gasteiger partial charge >= 0.3 is 0 Å². The number of anilines is 1. The highest BCUT2D eigenvalue weighted by molar-refractivity contribution is 5.75. The molecular weight excluding hydrogens is 305 g/mol. The van der Waals surface area contributed by atoms with Crippen LogP contribution in [0.3, 0.4) is 0 Å². The third kappa shape index (κ3) is 5.35. The fourth-order valence-electron chi connectivity index (χ4n) is 2.43. The van der Waals surface area contributed by atoms with E-state index in [1.165, 1.54) is 11.1 Å². The highest BCUT2D eigenvalue weighted by Gasteiger charge is 2.07. The number of amides is 1. The number of nitrogens with two attached hydrogens (primary N) is 1. The molecule has 5 heteroatoms. The van der Waals surface area contributed by atoms with Crippen molar-refractivity contribution in [3.63, 3.8) is 0 Å². The average Bonchev–Trinajstić information content (AvgIpc) is 2.60. The van der Waals surface area contributed by atoms with Gasteiger partial charge in [0, 0.05) is 18.7 Å². The second-order valence-electron chi connectivity index (χ2n) is 5.69. The Hall–Kier alpha value is -2.40. The van der Waals surface area contributed by atoms with Gasteiger partial charge < -0.3 is 5.32 Å². The summed E-state index contributed by atoms with van der Waals surface area (Å²) >= 11 is 0. The molecule has 1 amide bonds. The fraction of sp³-hybridized carbons (Fsp3) is 0.316. The quantitative estimate of drug-likeness (QED) is 0.337. The first-order valence-corrected chi connectivity index (χ1v) is 8.21. The van der Waals surface area contributed by atoms with E-state index in [2.05, 4.69) is 5.32 Å². The molecule has 0 saturated heterocycles. The maximum absolute atomic E-state index is 13.5. The molecule has 0 aliphatic rings.